The Morgan fingerprint density at radius 1 is 0.500 bits per heavy atom. The smallest absolute Gasteiger partial charge is 0.0925 e. The largest absolute Gasteiger partial charge is 0.180 e. The first-order valence-corrected chi connectivity index (χ1v) is 9.33. The zero-order valence-electron chi connectivity index (χ0n) is 14.8. The fourth-order valence-corrected chi connectivity index (χ4v) is 5.23. The van der Waals surface area contributed by atoms with Crippen LogP contribution in [-0.4, -0.2) is 0 Å². The van der Waals surface area contributed by atoms with E-state index in [-0.39, 0.29) is 0 Å². The van der Waals surface area contributed by atoms with Crippen molar-refractivity contribution in [3.8, 4) is 0 Å². The molecule has 0 nitrogen and oxygen atoms in total. The van der Waals surface area contributed by atoms with Crippen molar-refractivity contribution < 1.29 is 0 Å². The van der Waals surface area contributed by atoms with Crippen molar-refractivity contribution in [2.24, 2.45) is 0 Å². The molecule has 0 heterocycles. The van der Waals surface area contributed by atoms with Crippen LogP contribution in [0.5, 0.6) is 0 Å². The number of halogens is 4. The molecule has 0 fully saturated rings. The molecule has 2 rings (SSSR count). The fourth-order valence-electron chi connectivity index (χ4n) is 3.66. The Kier molecular flexibility index (Phi) is 5.58. The zero-order chi connectivity index (χ0) is 18.4. The molecule has 0 aliphatic heterocycles. The highest BCUT2D eigenvalue weighted by Gasteiger charge is 2.52. The van der Waals surface area contributed by atoms with Gasteiger partial charge in [-0.1, -0.05) is 81.8 Å². The van der Waals surface area contributed by atoms with Crippen LogP contribution in [0.4, 0.5) is 0 Å². The van der Waals surface area contributed by atoms with Crippen LogP contribution in [0.25, 0.3) is 0 Å². The Morgan fingerprint density at radius 3 is 0.917 bits per heavy atom. The first-order chi connectivity index (χ1) is 10.9. The molecular weight excluding hydrogens is 382 g/mol. The number of benzene rings is 2. The summed E-state index contributed by atoms with van der Waals surface area (Å²) in [4.78, 5) is 0. The second-order valence-electron chi connectivity index (χ2n) is 6.70. The zero-order valence-corrected chi connectivity index (χ0v) is 17.8. The van der Waals surface area contributed by atoms with E-state index in [0.29, 0.717) is 0 Å². The molecule has 0 bridgehead atoms. The second kappa shape index (κ2) is 6.72. The third-order valence-corrected chi connectivity index (χ3v) is 6.65. The van der Waals surface area contributed by atoms with Gasteiger partial charge in [0.25, 0.3) is 0 Å². The van der Waals surface area contributed by atoms with E-state index in [1.54, 1.807) is 0 Å². The first-order valence-electron chi connectivity index (χ1n) is 7.82. The van der Waals surface area contributed by atoms with Crippen LogP contribution in [0, 0.1) is 41.5 Å². The molecular formula is C20H22Cl4. The summed E-state index contributed by atoms with van der Waals surface area (Å²) in [5.41, 5.74) is 7.74. The highest BCUT2D eigenvalue weighted by molar-refractivity contribution is 6.61. The highest BCUT2D eigenvalue weighted by atomic mass is 35.5. The van der Waals surface area contributed by atoms with Gasteiger partial charge in [0, 0.05) is 0 Å². The Hall–Kier alpha value is -0.400. The van der Waals surface area contributed by atoms with Crippen LogP contribution in [0.15, 0.2) is 24.3 Å². The van der Waals surface area contributed by atoms with E-state index in [2.05, 4.69) is 0 Å². The Balaban J connectivity index is 2.73. The summed E-state index contributed by atoms with van der Waals surface area (Å²) < 4.78 is -2.97. The minimum Gasteiger partial charge on any atom is -0.0925 e. The van der Waals surface area contributed by atoms with Crippen molar-refractivity contribution in [2.75, 3.05) is 0 Å². The molecule has 0 N–H and O–H groups in total. The van der Waals surface area contributed by atoms with Gasteiger partial charge in [-0.05, 0) is 74.9 Å². The van der Waals surface area contributed by atoms with E-state index < -0.39 is 8.67 Å². The first kappa shape index (κ1) is 19.9. The van der Waals surface area contributed by atoms with Gasteiger partial charge in [0.1, 0.15) is 0 Å². The predicted octanol–water partition coefficient (Wildman–Crippen LogP) is 7.50. The van der Waals surface area contributed by atoms with E-state index in [9.17, 15) is 0 Å². The Morgan fingerprint density at radius 2 is 0.708 bits per heavy atom. The van der Waals surface area contributed by atoms with E-state index in [1.807, 2.05) is 65.8 Å². The second-order valence-corrected chi connectivity index (χ2v) is 9.35. The molecule has 0 aromatic heterocycles. The van der Waals surface area contributed by atoms with Gasteiger partial charge >= 0.3 is 0 Å². The van der Waals surface area contributed by atoms with Crippen LogP contribution in [-0.2, 0) is 8.67 Å². The lowest BCUT2D eigenvalue weighted by molar-refractivity contribution is 0.712. The predicted molar refractivity (Wildman–Crippen MR) is 108 cm³/mol. The van der Waals surface area contributed by atoms with Crippen LogP contribution in [0.3, 0.4) is 0 Å². The van der Waals surface area contributed by atoms with Crippen molar-refractivity contribution in [1.29, 1.82) is 0 Å². The van der Waals surface area contributed by atoms with E-state index in [4.69, 9.17) is 46.4 Å². The summed E-state index contributed by atoms with van der Waals surface area (Å²) in [6.07, 6.45) is 0. The Bertz CT molecular complexity index is 675. The van der Waals surface area contributed by atoms with Gasteiger partial charge in [0.05, 0.1) is 0 Å². The monoisotopic (exact) mass is 402 g/mol. The molecule has 0 unspecified atom stereocenters. The molecule has 0 radical (unpaired) electrons. The van der Waals surface area contributed by atoms with Crippen LogP contribution in [0.2, 0.25) is 0 Å². The van der Waals surface area contributed by atoms with Crippen LogP contribution < -0.4 is 0 Å². The molecule has 0 spiro atoms. The van der Waals surface area contributed by atoms with Crippen molar-refractivity contribution >= 4 is 46.4 Å². The summed E-state index contributed by atoms with van der Waals surface area (Å²) in [5.74, 6) is 0. The van der Waals surface area contributed by atoms with Gasteiger partial charge in [0.2, 0.25) is 0 Å². The summed E-state index contributed by atoms with van der Waals surface area (Å²) in [5, 5.41) is 0. The maximum absolute atomic E-state index is 6.84. The minimum absolute atomic E-state index is 0.765. The van der Waals surface area contributed by atoms with Gasteiger partial charge in [-0.3, -0.25) is 0 Å². The number of aryl methyl sites for hydroxylation is 6. The minimum atomic E-state index is -1.48. The lowest BCUT2D eigenvalue weighted by Gasteiger charge is -2.37. The highest BCUT2D eigenvalue weighted by Crippen LogP contribution is 2.59. The van der Waals surface area contributed by atoms with Crippen LogP contribution >= 0.6 is 46.4 Å². The summed E-state index contributed by atoms with van der Waals surface area (Å²) in [7, 11) is 0. The third-order valence-electron chi connectivity index (χ3n) is 4.38. The van der Waals surface area contributed by atoms with Gasteiger partial charge in [-0.2, -0.15) is 0 Å². The average molecular weight is 404 g/mol. The molecule has 2 aromatic carbocycles. The van der Waals surface area contributed by atoms with Crippen molar-refractivity contribution in [2.45, 2.75) is 50.2 Å². The standard InChI is InChI=1S/C20H22Cl4/c1-11-7-13(3)17(14(4)8-11)19(21,22)20(23,24)18-15(5)9-12(2)10-16(18)6/h7-10H,1-6H3. The van der Waals surface area contributed by atoms with Crippen molar-refractivity contribution in [3.05, 3.63) is 68.8 Å². The SMILES string of the molecule is Cc1cc(C)c(C(Cl)(Cl)C(Cl)(Cl)c2c(C)cc(C)cc2C)c(C)c1. The summed E-state index contributed by atoms with van der Waals surface area (Å²) in [6.45, 7) is 12.0. The maximum Gasteiger partial charge on any atom is 0.180 e. The topological polar surface area (TPSA) is 0 Å². The van der Waals surface area contributed by atoms with E-state index in [0.717, 1.165) is 44.5 Å². The quantitative estimate of drug-likeness (QED) is 0.465. The number of rotatable bonds is 3. The summed E-state index contributed by atoms with van der Waals surface area (Å²) in [6, 6.07) is 8.17. The summed E-state index contributed by atoms with van der Waals surface area (Å²) >= 11 is 27.3. The fraction of sp³-hybridized carbons (Fsp3) is 0.400. The van der Waals surface area contributed by atoms with E-state index in [1.165, 1.54) is 0 Å². The average Bonchev–Trinajstić information content (AvgIpc) is 2.34. The normalized spacial score (nSPS) is 12.6. The molecule has 0 amide bonds. The van der Waals surface area contributed by atoms with Crippen molar-refractivity contribution in [1.82, 2.24) is 0 Å². The molecule has 4 heteroatoms. The van der Waals surface area contributed by atoms with Gasteiger partial charge < -0.3 is 0 Å². The molecule has 0 atom stereocenters. The molecule has 0 saturated heterocycles. The molecule has 0 aliphatic carbocycles. The van der Waals surface area contributed by atoms with Gasteiger partial charge in [-0.15, -0.1) is 0 Å². The number of hydrogen-bond acceptors (Lipinski definition) is 0. The van der Waals surface area contributed by atoms with Gasteiger partial charge in [-0.25, -0.2) is 0 Å². The van der Waals surface area contributed by atoms with E-state index >= 15 is 0 Å². The molecule has 0 saturated carbocycles. The molecule has 130 valence electrons. The lowest BCUT2D eigenvalue weighted by Crippen LogP contribution is -2.34. The molecule has 2 aromatic rings. The molecule has 0 aliphatic rings. The van der Waals surface area contributed by atoms with Crippen molar-refractivity contribution in [3.63, 3.8) is 0 Å². The van der Waals surface area contributed by atoms with Gasteiger partial charge in [0.15, 0.2) is 8.67 Å². The third kappa shape index (κ3) is 3.31. The number of alkyl halides is 4. The molecule has 24 heavy (non-hydrogen) atoms. The van der Waals surface area contributed by atoms with Crippen LogP contribution in [0.1, 0.15) is 44.5 Å². The Labute approximate surface area is 165 Å². The maximum atomic E-state index is 6.84. The number of hydrogen-bond donors (Lipinski definition) is 0. The lowest BCUT2D eigenvalue weighted by atomic mass is 9.89.